The lowest BCUT2D eigenvalue weighted by Crippen LogP contribution is -2.02. The minimum atomic E-state index is 0.124. The molecule has 4 aromatic rings. The third-order valence-electron chi connectivity index (χ3n) is 5.23. The summed E-state index contributed by atoms with van der Waals surface area (Å²) >= 11 is 3.37. The SMILES string of the molecule is O=C1c2ccccc2-c2c1c1ccccc1n2Cc1ccc(OCCBr)cc1. The number of halogens is 1. The number of alkyl halides is 1. The Morgan fingerprint density at radius 3 is 2.36 bits per heavy atom. The van der Waals surface area contributed by atoms with Crippen LogP contribution in [0, 0.1) is 0 Å². The summed E-state index contributed by atoms with van der Waals surface area (Å²) in [5.41, 5.74) is 5.94. The number of aromatic nitrogens is 1. The lowest BCUT2D eigenvalue weighted by molar-refractivity contribution is 0.104. The molecule has 1 heterocycles. The van der Waals surface area contributed by atoms with E-state index in [2.05, 4.69) is 38.7 Å². The fourth-order valence-corrected chi connectivity index (χ4v) is 4.19. The minimum Gasteiger partial charge on any atom is -0.493 e. The molecule has 3 aromatic carbocycles. The van der Waals surface area contributed by atoms with Crippen LogP contribution in [0.25, 0.3) is 22.2 Å². The van der Waals surface area contributed by atoms with Crippen molar-refractivity contribution >= 4 is 32.6 Å². The molecule has 0 saturated heterocycles. The standard InChI is InChI=1S/C24H18BrNO2/c25-13-14-28-17-11-9-16(10-12-17)15-26-21-8-4-3-7-20(21)22-23(26)18-5-1-2-6-19(18)24(22)27/h1-12H,13-15H2. The quantitative estimate of drug-likeness (QED) is 0.335. The fraction of sp³-hybridized carbons (Fsp3) is 0.125. The van der Waals surface area contributed by atoms with Crippen molar-refractivity contribution in [1.82, 2.24) is 4.57 Å². The topological polar surface area (TPSA) is 31.2 Å². The molecule has 0 aliphatic heterocycles. The van der Waals surface area contributed by atoms with Crippen molar-refractivity contribution in [2.24, 2.45) is 0 Å². The van der Waals surface area contributed by atoms with Crippen LogP contribution in [-0.4, -0.2) is 22.3 Å². The van der Waals surface area contributed by atoms with Gasteiger partial charge in [-0.3, -0.25) is 4.79 Å². The van der Waals surface area contributed by atoms with Gasteiger partial charge in [-0.25, -0.2) is 0 Å². The monoisotopic (exact) mass is 431 g/mol. The van der Waals surface area contributed by atoms with Crippen molar-refractivity contribution in [3.05, 3.63) is 89.5 Å². The van der Waals surface area contributed by atoms with Crippen molar-refractivity contribution in [1.29, 1.82) is 0 Å². The average molecular weight is 432 g/mol. The highest BCUT2D eigenvalue weighted by Gasteiger charge is 2.32. The van der Waals surface area contributed by atoms with Crippen LogP contribution in [0.15, 0.2) is 72.8 Å². The van der Waals surface area contributed by atoms with Crippen LogP contribution in [0.2, 0.25) is 0 Å². The van der Waals surface area contributed by atoms with Crippen LogP contribution in [0.3, 0.4) is 0 Å². The number of benzene rings is 3. The number of hydrogen-bond acceptors (Lipinski definition) is 2. The first-order valence-corrected chi connectivity index (χ1v) is 10.4. The zero-order valence-corrected chi connectivity index (χ0v) is 16.8. The molecule has 0 spiro atoms. The molecular formula is C24H18BrNO2. The summed E-state index contributed by atoms with van der Waals surface area (Å²) in [6.45, 7) is 1.35. The molecule has 138 valence electrons. The molecule has 3 nitrogen and oxygen atoms in total. The smallest absolute Gasteiger partial charge is 0.196 e. The number of para-hydroxylation sites is 1. The molecule has 1 aliphatic rings. The van der Waals surface area contributed by atoms with Crippen molar-refractivity contribution < 1.29 is 9.53 Å². The highest BCUT2D eigenvalue weighted by Crippen LogP contribution is 2.42. The highest BCUT2D eigenvalue weighted by molar-refractivity contribution is 9.09. The third kappa shape index (κ3) is 2.68. The third-order valence-corrected chi connectivity index (χ3v) is 5.56. The first kappa shape index (κ1) is 17.3. The maximum absolute atomic E-state index is 13.1. The van der Waals surface area contributed by atoms with Crippen molar-refractivity contribution in [2.45, 2.75) is 6.54 Å². The van der Waals surface area contributed by atoms with Gasteiger partial charge in [0.2, 0.25) is 0 Å². The molecule has 0 bridgehead atoms. The van der Waals surface area contributed by atoms with E-state index in [1.807, 2.05) is 54.6 Å². The van der Waals surface area contributed by atoms with Gasteiger partial charge in [-0.2, -0.15) is 0 Å². The molecule has 0 saturated carbocycles. The number of carbonyl (C=O) groups excluding carboxylic acids is 1. The van der Waals surface area contributed by atoms with Gasteiger partial charge in [-0.15, -0.1) is 0 Å². The van der Waals surface area contributed by atoms with E-state index in [0.717, 1.165) is 44.4 Å². The van der Waals surface area contributed by atoms with E-state index < -0.39 is 0 Å². The van der Waals surface area contributed by atoms with E-state index in [4.69, 9.17) is 4.74 Å². The number of ketones is 1. The average Bonchev–Trinajstić information content (AvgIpc) is 3.22. The lowest BCUT2D eigenvalue weighted by atomic mass is 10.1. The zero-order chi connectivity index (χ0) is 19.1. The summed E-state index contributed by atoms with van der Waals surface area (Å²) < 4.78 is 7.92. The molecule has 1 aliphatic carbocycles. The predicted octanol–water partition coefficient (Wildman–Crippen LogP) is 5.67. The molecule has 5 rings (SSSR count). The van der Waals surface area contributed by atoms with E-state index in [-0.39, 0.29) is 5.78 Å². The van der Waals surface area contributed by atoms with Crippen molar-refractivity contribution in [3.8, 4) is 17.0 Å². The molecule has 4 heteroatoms. The summed E-state index contributed by atoms with van der Waals surface area (Å²) in [6, 6.07) is 24.3. The normalized spacial score (nSPS) is 12.2. The Labute approximate surface area is 171 Å². The van der Waals surface area contributed by atoms with Crippen LogP contribution in [0.5, 0.6) is 5.75 Å². The Hall–Kier alpha value is -2.85. The second kappa shape index (κ2) is 6.95. The predicted molar refractivity (Wildman–Crippen MR) is 116 cm³/mol. The van der Waals surface area contributed by atoms with Gasteiger partial charge in [-0.05, 0) is 23.8 Å². The fourth-order valence-electron chi connectivity index (χ4n) is 4.03. The van der Waals surface area contributed by atoms with E-state index >= 15 is 0 Å². The molecular weight excluding hydrogens is 414 g/mol. The lowest BCUT2D eigenvalue weighted by Gasteiger charge is -2.12. The van der Waals surface area contributed by atoms with Gasteiger partial charge in [0.1, 0.15) is 5.75 Å². The van der Waals surface area contributed by atoms with Crippen LogP contribution in [0.4, 0.5) is 0 Å². The maximum Gasteiger partial charge on any atom is 0.196 e. The number of rotatable bonds is 5. The molecule has 0 amide bonds. The first-order valence-electron chi connectivity index (χ1n) is 9.31. The van der Waals surface area contributed by atoms with Crippen LogP contribution >= 0.6 is 15.9 Å². The second-order valence-electron chi connectivity index (χ2n) is 6.88. The number of carbonyl (C=O) groups is 1. The minimum absolute atomic E-state index is 0.124. The summed E-state index contributed by atoms with van der Waals surface area (Å²) in [6.07, 6.45) is 0. The van der Waals surface area contributed by atoms with Gasteiger partial charge < -0.3 is 9.30 Å². The summed E-state index contributed by atoms with van der Waals surface area (Å²) in [7, 11) is 0. The first-order chi connectivity index (χ1) is 13.8. The van der Waals surface area contributed by atoms with E-state index in [1.165, 1.54) is 5.56 Å². The van der Waals surface area contributed by atoms with Crippen molar-refractivity contribution in [2.75, 3.05) is 11.9 Å². The van der Waals surface area contributed by atoms with Gasteiger partial charge in [0.05, 0.1) is 17.9 Å². The number of ether oxygens (including phenoxy) is 1. The van der Waals surface area contributed by atoms with E-state index in [1.54, 1.807) is 0 Å². The molecule has 1 aromatic heterocycles. The van der Waals surface area contributed by atoms with Gasteiger partial charge >= 0.3 is 0 Å². The molecule has 28 heavy (non-hydrogen) atoms. The second-order valence-corrected chi connectivity index (χ2v) is 7.68. The Balaban J connectivity index is 1.62. The van der Waals surface area contributed by atoms with Crippen molar-refractivity contribution in [3.63, 3.8) is 0 Å². The molecule has 0 atom stereocenters. The van der Waals surface area contributed by atoms with Crippen LogP contribution in [0.1, 0.15) is 21.5 Å². The van der Waals surface area contributed by atoms with Crippen LogP contribution < -0.4 is 4.74 Å². The summed E-state index contributed by atoms with van der Waals surface area (Å²) in [5.74, 6) is 0.991. The Morgan fingerprint density at radius 1 is 0.857 bits per heavy atom. The molecule has 0 N–H and O–H groups in total. The highest BCUT2D eigenvalue weighted by atomic mass is 79.9. The van der Waals surface area contributed by atoms with E-state index in [9.17, 15) is 4.79 Å². The van der Waals surface area contributed by atoms with Gasteiger partial charge in [0.15, 0.2) is 5.78 Å². The largest absolute Gasteiger partial charge is 0.493 e. The summed E-state index contributed by atoms with van der Waals surface area (Å²) in [5, 5.41) is 1.83. The molecule has 0 fully saturated rings. The number of hydrogen-bond donors (Lipinski definition) is 0. The Morgan fingerprint density at radius 2 is 1.57 bits per heavy atom. The molecule has 0 radical (unpaired) electrons. The van der Waals surface area contributed by atoms with Gasteiger partial charge in [0, 0.05) is 33.9 Å². The van der Waals surface area contributed by atoms with Gasteiger partial charge in [0.25, 0.3) is 0 Å². The Bertz CT molecular complexity index is 1190. The number of nitrogens with zero attached hydrogens (tertiary/aromatic N) is 1. The molecule has 0 unspecified atom stereocenters. The Kier molecular flexibility index (Phi) is 4.29. The maximum atomic E-state index is 13.1. The summed E-state index contributed by atoms with van der Waals surface area (Å²) in [4.78, 5) is 13.1. The van der Waals surface area contributed by atoms with E-state index in [0.29, 0.717) is 13.2 Å². The van der Waals surface area contributed by atoms with Gasteiger partial charge in [-0.1, -0.05) is 70.5 Å². The zero-order valence-electron chi connectivity index (χ0n) is 15.2. The number of fused-ring (bicyclic) bond motifs is 5. The van der Waals surface area contributed by atoms with Crippen LogP contribution in [-0.2, 0) is 6.54 Å².